The number of carbonyl (C=O) groups is 1. The molecule has 1 aromatic heterocycles. The number of nitrogens with zero attached hydrogens (tertiary/aromatic N) is 2. The van der Waals surface area contributed by atoms with Gasteiger partial charge in [-0.3, -0.25) is 4.98 Å². The molecule has 0 amide bonds. The van der Waals surface area contributed by atoms with Crippen LogP contribution in [0, 0.1) is 5.82 Å². The molecule has 0 aliphatic rings. The van der Waals surface area contributed by atoms with Crippen LogP contribution in [0.4, 0.5) is 4.39 Å². The summed E-state index contributed by atoms with van der Waals surface area (Å²) in [6.07, 6.45) is 1.31. The maximum absolute atomic E-state index is 13.5. The highest BCUT2D eigenvalue weighted by molar-refractivity contribution is 6.29. The molecule has 0 saturated carbocycles. The van der Waals surface area contributed by atoms with E-state index in [0.717, 1.165) is 6.07 Å². The summed E-state index contributed by atoms with van der Waals surface area (Å²) in [5.41, 5.74) is 0.482. The minimum Gasteiger partial charge on any atom is -0.465 e. The van der Waals surface area contributed by atoms with E-state index < -0.39 is 11.8 Å². The van der Waals surface area contributed by atoms with Crippen LogP contribution >= 0.6 is 11.6 Å². The van der Waals surface area contributed by atoms with Gasteiger partial charge in [0.15, 0.2) is 0 Å². The molecule has 16 heavy (non-hydrogen) atoms. The van der Waals surface area contributed by atoms with Gasteiger partial charge in [-0.15, -0.1) is 0 Å². The standard InChI is InChI=1S/C10H6ClFN2O2/c1-16-10(15)5-2-8-7(3-6(5)12)13-4-9(11)14-8/h2-4H,1H3. The van der Waals surface area contributed by atoms with Crippen LogP contribution in [0.1, 0.15) is 10.4 Å². The Bertz CT molecular complexity index is 574. The van der Waals surface area contributed by atoms with E-state index in [2.05, 4.69) is 14.7 Å². The largest absolute Gasteiger partial charge is 0.465 e. The first-order valence-electron chi connectivity index (χ1n) is 4.32. The molecule has 6 heteroatoms. The Morgan fingerprint density at radius 2 is 2.19 bits per heavy atom. The Balaban J connectivity index is 2.68. The predicted octanol–water partition coefficient (Wildman–Crippen LogP) is 2.21. The van der Waals surface area contributed by atoms with Crippen LogP contribution in [0.25, 0.3) is 11.0 Å². The van der Waals surface area contributed by atoms with Crippen molar-refractivity contribution in [2.24, 2.45) is 0 Å². The molecule has 2 aromatic rings. The lowest BCUT2D eigenvalue weighted by atomic mass is 10.2. The lowest BCUT2D eigenvalue weighted by Gasteiger charge is -2.03. The molecule has 2 rings (SSSR count). The number of ether oxygens (including phenoxy) is 1. The first-order valence-corrected chi connectivity index (χ1v) is 4.69. The molecule has 0 spiro atoms. The van der Waals surface area contributed by atoms with Crippen LogP contribution < -0.4 is 0 Å². The van der Waals surface area contributed by atoms with E-state index in [9.17, 15) is 9.18 Å². The van der Waals surface area contributed by atoms with E-state index in [1.54, 1.807) is 0 Å². The lowest BCUT2D eigenvalue weighted by molar-refractivity contribution is 0.0595. The Morgan fingerprint density at radius 1 is 1.44 bits per heavy atom. The second kappa shape index (κ2) is 4.02. The molecule has 1 heterocycles. The minimum absolute atomic E-state index is 0.176. The van der Waals surface area contributed by atoms with Gasteiger partial charge in [0, 0.05) is 6.07 Å². The van der Waals surface area contributed by atoms with Gasteiger partial charge < -0.3 is 4.74 Å². The summed E-state index contributed by atoms with van der Waals surface area (Å²) < 4.78 is 17.9. The van der Waals surface area contributed by atoms with Crippen molar-refractivity contribution in [2.45, 2.75) is 0 Å². The van der Waals surface area contributed by atoms with Crippen LogP contribution in [0.15, 0.2) is 18.3 Å². The van der Waals surface area contributed by atoms with Gasteiger partial charge in [-0.25, -0.2) is 14.2 Å². The molecule has 0 radical (unpaired) electrons. The molecule has 4 nitrogen and oxygen atoms in total. The fraction of sp³-hybridized carbons (Fsp3) is 0.100. The highest BCUT2D eigenvalue weighted by Gasteiger charge is 2.14. The van der Waals surface area contributed by atoms with Gasteiger partial charge in [-0.1, -0.05) is 11.6 Å². The number of hydrogen-bond acceptors (Lipinski definition) is 4. The second-order valence-electron chi connectivity index (χ2n) is 3.01. The van der Waals surface area contributed by atoms with Crippen molar-refractivity contribution in [1.29, 1.82) is 0 Å². The summed E-state index contributed by atoms with van der Waals surface area (Å²) in [7, 11) is 1.18. The lowest BCUT2D eigenvalue weighted by Crippen LogP contribution is -2.05. The summed E-state index contributed by atoms with van der Waals surface area (Å²) in [4.78, 5) is 19.0. The SMILES string of the molecule is COC(=O)c1cc2nc(Cl)cnc2cc1F. The quantitative estimate of drug-likeness (QED) is 0.717. The van der Waals surface area contributed by atoms with Crippen molar-refractivity contribution in [1.82, 2.24) is 9.97 Å². The second-order valence-corrected chi connectivity index (χ2v) is 3.39. The van der Waals surface area contributed by atoms with Gasteiger partial charge in [-0.05, 0) is 6.07 Å². The number of hydrogen-bond donors (Lipinski definition) is 0. The monoisotopic (exact) mass is 240 g/mol. The fourth-order valence-corrected chi connectivity index (χ4v) is 1.42. The Kier molecular flexibility index (Phi) is 2.70. The number of methoxy groups -OCH3 is 1. The molecule has 1 aromatic carbocycles. The average molecular weight is 241 g/mol. The number of carbonyl (C=O) groups excluding carboxylic acids is 1. The molecular weight excluding hydrogens is 235 g/mol. The Morgan fingerprint density at radius 3 is 2.88 bits per heavy atom. The molecule has 0 aliphatic carbocycles. The highest BCUT2D eigenvalue weighted by atomic mass is 35.5. The molecule has 0 N–H and O–H groups in total. The van der Waals surface area contributed by atoms with Gasteiger partial charge in [0.1, 0.15) is 11.0 Å². The average Bonchev–Trinajstić information content (AvgIpc) is 2.28. The number of esters is 1. The summed E-state index contributed by atoms with van der Waals surface area (Å²) in [6.45, 7) is 0. The third-order valence-electron chi connectivity index (χ3n) is 2.01. The summed E-state index contributed by atoms with van der Waals surface area (Å²) >= 11 is 5.64. The topological polar surface area (TPSA) is 52.1 Å². The van der Waals surface area contributed by atoms with E-state index in [0.29, 0.717) is 11.0 Å². The first-order chi connectivity index (χ1) is 7.61. The van der Waals surface area contributed by atoms with Crippen LogP contribution in [0.3, 0.4) is 0 Å². The van der Waals surface area contributed by atoms with Gasteiger partial charge in [-0.2, -0.15) is 0 Å². The van der Waals surface area contributed by atoms with Crippen molar-refractivity contribution in [2.75, 3.05) is 7.11 Å². The maximum atomic E-state index is 13.5. The maximum Gasteiger partial charge on any atom is 0.340 e. The molecule has 0 fully saturated rings. The number of benzene rings is 1. The van der Waals surface area contributed by atoms with Crippen LogP contribution in [0.2, 0.25) is 5.15 Å². The summed E-state index contributed by atoms with van der Waals surface area (Å²) in [5.74, 6) is -1.46. The van der Waals surface area contributed by atoms with Crippen molar-refractivity contribution in [3.05, 3.63) is 34.9 Å². The van der Waals surface area contributed by atoms with E-state index in [1.807, 2.05) is 0 Å². The summed E-state index contributed by atoms with van der Waals surface area (Å²) in [5, 5.41) is 0.176. The molecule has 0 bridgehead atoms. The number of aromatic nitrogens is 2. The number of rotatable bonds is 1. The summed E-state index contributed by atoms with van der Waals surface area (Å²) in [6, 6.07) is 2.38. The first kappa shape index (κ1) is 10.8. The zero-order valence-corrected chi connectivity index (χ0v) is 8.95. The van der Waals surface area contributed by atoms with E-state index in [4.69, 9.17) is 11.6 Å². The molecule has 0 saturated heterocycles. The fourth-order valence-electron chi connectivity index (χ4n) is 1.28. The zero-order chi connectivity index (χ0) is 11.7. The third kappa shape index (κ3) is 1.81. The predicted molar refractivity (Wildman–Crippen MR) is 55.8 cm³/mol. The molecule has 0 atom stereocenters. The van der Waals surface area contributed by atoms with E-state index in [-0.39, 0.29) is 10.7 Å². The van der Waals surface area contributed by atoms with Crippen molar-refractivity contribution in [3.63, 3.8) is 0 Å². The number of halogens is 2. The number of fused-ring (bicyclic) bond motifs is 1. The van der Waals surface area contributed by atoms with Gasteiger partial charge in [0.2, 0.25) is 0 Å². The normalized spacial score (nSPS) is 10.4. The molecule has 0 aliphatic heterocycles. The van der Waals surface area contributed by atoms with Gasteiger partial charge in [0.05, 0.1) is 29.9 Å². The van der Waals surface area contributed by atoms with Crippen molar-refractivity contribution in [3.8, 4) is 0 Å². The smallest absolute Gasteiger partial charge is 0.340 e. The molecule has 0 unspecified atom stereocenters. The molecule has 82 valence electrons. The highest BCUT2D eigenvalue weighted by Crippen LogP contribution is 2.18. The van der Waals surface area contributed by atoms with Gasteiger partial charge in [0.25, 0.3) is 0 Å². The third-order valence-corrected chi connectivity index (χ3v) is 2.19. The van der Waals surface area contributed by atoms with E-state index >= 15 is 0 Å². The van der Waals surface area contributed by atoms with E-state index in [1.165, 1.54) is 19.4 Å². The van der Waals surface area contributed by atoms with Crippen LogP contribution in [-0.2, 0) is 4.74 Å². The Hall–Kier alpha value is -1.75. The Labute approximate surface area is 95.0 Å². The van der Waals surface area contributed by atoms with Crippen LogP contribution in [-0.4, -0.2) is 23.0 Å². The van der Waals surface area contributed by atoms with Crippen LogP contribution in [0.5, 0.6) is 0 Å². The van der Waals surface area contributed by atoms with Crippen molar-refractivity contribution >= 4 is 28.6 Å². The molecular formula is C10H6ClFN2O2. The zero-order valence-electron chi connectivity index (χ0n) is 8.20. The van der Waals surface area contributed by atoms with Crippen molar-refractivity contribution < 1.29 is 13.9 Å². The minimum atomic E-state index is -0.763. The van der Waals surface area contributed by atoms with Gasteiger partial charge >= 0.3 is 5.97 Å².